The highest BCUT2D eigenvalue weighted by atomic mass is 16.5. The molecule has 0 saturated heterocycles. The maximum atomic E-state index is 14.0. The number of methoxy groups -OCH3 is 1. The van der Waals surface area contributed by atoms with Crippen molar-refractivity contribution in [3.8, 4) is 16.8 Å². The zero-order valence-electron chi connectivity index (χ0n) is 22.2. The Bertz CT molecular complexity index is 1660. The van der Waals surface area contributed by atoms with Crippen molar-refractivity contribution in [3.05, 3.63) is 123 Å². The molecular formula is C32H28N2O5. The fourth-order valence-electron chi connectivity index (χ4n) is 4.97. The first kappa shape index (κ1) is 25.9. The van der Waals surface area contributed by atoms with E-state index in [1.807, 2.05) is 69.3 Å². The summed E-state index contributed by atoms with van der Waals surface area (Å²) in [7, 11) is 1.30. The number of ether oxygens (including phenoxy) is 1. The molecule has 0 aliphatic carbocycles. The molecule has 0 saturated carbocycles. The molecule has 2 amide bonds. The zero-order valence-corrected chi connectivity index (χ0v) is 22.2. The van der Waals surface area contributed by atoms with Crippen LogP contribution in [0.1, 0.15) is 63.1 Å². The van der Waals surface area contributed by atoms with Gasteiger partial charge in [0.05, 0.1) is 30.5 Å². The number of hydrogen-bond acceptors (Lipinski definition) is 5. The molecule has 0 atom stereocenters. The molecule has 0 radical (unpaired) electrons. The standard InChI is InChI=1S/C32H28N2O5/c1-32(2,3)24-12-8-9-13-25(24)34-26(35)18-23(21-14-16-22(17-15-21)31(38)39-4)27-28(34)30(37)33(29(27)36)19-20-10-6-5-7-11-20/h5-18H,19H2,1-4H3. The second-order valence-corrected chi connectivity index (χ2v) is 10.5. The lowest BCUT2D eigenvalue weighted by atomic mass is 9.85. The third-order valence-corrected chi connectivity index (χ3v) is 6.88. The molecule has 39 heavy (non-hydrogen) atoms. The normalized spacial score (nSPS) is 13.0. The van der Waals surface area contributed by atoms with Gasteiger partial charge in [-0.25, -0.2) is 4.79 Å². The SMILES string of the molecule is COC(=O)c1ccc(-c2cc(=O)n(-c3ccccc3C(C)(C)C)c3c2C(=O)N(Cc2ccccc2)C3=O)cc1. The van der Waals surface area contributed by atoms with Gasteiger partial charge in [-0.3, -0.25) is 23.9 Å². The van der Waals surface area contributed by atoms with Crippen LogP contribution in [0, 0.1) is 0 Å². The van der Waals surface area contributed by atoms with E-state index in [-0.39, 0.29) is 23.2 Å². The number of carbonyl (C=O) groups is 3. The number of fused-ring (bicyclic) bond motifs is 1. The Morgan fingerprint density at radius 3 is 2.10 bits per heavy atom. The first-order valence-electron chi connectivity index (χ1n) is 12.6. The summed E-state index contributed by atoms with van der Waals surface area (Å²) >= 11 is 0. The van der Waals surface area contributed by atoms with E-state index in [0.29, 0.717) is 22.4 Å². The first-order chi connectivity index (χ1) is 18.6. The number of amides is 2. The molecule has 4 aromatic rings. The van der Waals surface area contributed by atoms with E-state index in [9.17, 15) is 19.2 Å². The number of rotatable bonds is 5. The van der Waals surface area contributed by atoms with Crippen molar-refractivity contribution >= 4 is 17.8 Å². The van der Waals surface area contributed by atoms with Gasteiger partial charge in [0.2, 0.25) is 0 Å². The quantitative estimate of drug-likeness (QED) is 0.260. The monoisotopic (exact) mass is 520 g/mol. The Kier molecular flexibility index (Phi) is 6.52. The molecule has 2 heterocycles. The van der Waals surface area contributed by atoms with Crippen molar-refractivity contribution in [1.29, 1.82) is 0 Å². The number of hydrogen-bond donors (Lipinski definition) is 0. The van der Waals surface area contributed by atoms with Crippen molar-refractivity contribution in [2.75, 3.05) is 7.11 Å². The number of esters is 1. The van der Waals surface area contributed by atoms with Crippen LogP contribution in [0.25, 0.3) is 16.8 Å². The van der Waals surface area contributed by atoms with Gasteiger partial charge in [0.15, 0.2) is 0 Å². The molecule has 3 aromatic carbocycles. The smallest absolute Gasteiger partial charge is 0.337 e. The van der Waals surface area contributed by atoms with E-state index in [2.05, 4.69) is 0 Å². The summed E-state index contributed by atoms with van der Waals surface area (Å²) in [5.41, 5.74) is 2.85. The van der Waals surface area contributed by atoms with Crippen LogP contribution < -0.4 is 5.56 Å². The fourth-order valence-corrected chi connectivity index (χ4v) is 4.97. The molecule has 7 nitrogen and oxygen atoms in total. The van der Waals surface area contributed by atoms with Gasteiger partial charge >= 0.3 is 5.97 Å². The van der Waals surface area contributed by atoms with Crippen molar-refractivity contribution in [3.63, 3.8) is 0 Å². The minimum atomic E-state index is -0.535. The fraction of sp³-hybridized carbons (Fsp3) is 0.188. The van der Waals surface area contributed by atoms with Crippen LogP contribution in [0.2, 0.25) is 0 Å². The van der Waals surface area contributed by atoms with E-state index in [1.54, 1.807) is 30.3 Å². The van der Waals surface area contributed by atoms with Crippen LogP contribution in [0.4, 0.5) is 0 Å². The van der Waals surface area contributed by atoms with Crippen molar-refractivity contribution < 1.29 is 19.1 Å². The summed E-state index contributed by atoms with van der Waals surface area (Å²) in [6.45, 7) is 6.16. The Hall–Kier alpha value is -4.78. The maximum absolute atomic E-state index is 14.0. The Morgan fingerprint density at radius 2 is 1.46 bits per heavy atom. The van der Waals surface area contributed by atoms with Crippen molar-refractivity contribution in [1.82, 2.24) is 9.47 Å². The van der Waals surface area contributed by atoms with Crippen LogP contribution in [-0.2, 0) is 16.7 Å². The molecular weight excluding hydrogens is 492 g/mol. The van der Waals surface area contributed by atoms with Crippen LogP contribution in [-0.4, -0.2) is 34.4 Å². The van der Waals surface area contributed by atoms with E-state index >= 15 is 0 Å². The molecule has 1 aromatic heterocycles. The zero-order chi connectivity index (χ0) is 27.9. The highest BCUT2D eigenvalue weighted by Gasteiger charge is 2.41. The lowest BCUT2D eigenvalue weighted by Gasteiger charge is -2.24. The largest absolute Gasteiger partial charge is 0.465 e. The predicted octanol–water partition coefficient (Wildman–Crippen LogP) is 5.38. The number of imide groups is 1. The van der Waals surface area contributed by atoms with E-state index in [0.717, 1.165) is 11.1 Å². The first-order valence-corrected chi connectivity index (χ1v) is 12.6. The number of benzene rings is 3. The third-order valence-electron chi connectivity index (χ3n) is 6.88. The molecule has 1 aliphatic heterocycles. The van der Waals surface area contributed by atoms with E-state index in [4.69, 9.17) is 4.74 Å². The molecule has 0 spiro atoms. The number of pyridine rings is 1. The molecule has 0 fully saturated rings. The van der Waals surface area contributed by atoms with Crippen molar-refractivity contribution in [2.45, 2.75) is 32.7 Å². The minimum Gasteiger partial charge on any atom is -0.465 e. The number of para-hydroxylation sites is 1. The third kappa shape index (κ3) is 4.56. The Labute approximate surface area is 226 Å². The molecule has 196 valence electrons. The summed E-state index contributed by atoms with van der Waals surface area (Å²) < 4.78 is 6.15. The topological polar surface area (TPSA) is 85.7 Å². The summed E-state index contributed by atoms with van der Waals surface area (Å²) in [5.74, 6) is -1.51. The molecule has 0 bridgehead atoms. The number of aromatic nitrogens is 1. The highest BCUT2D eigenvalue weighted by Crippen LogP contribution is 2.36. The van der Waals surface area contributed by atoms with Crippen LogP contribution >= 0.6 is 0 Å². The summed E-state index contributed by atoms with van der Waals surface area (Å²) in [5, 5.41) is 0. The van der Waals surface area contributed by atoms with Crippen LogP contribution in [0.5, 0.6) is 0 Å². The highest BCUT2D eigenvalue weighted by molar-refractivity contribution is 6.23. The summed E-state index contributed by atoms with van der Waals surface area (Å²) in [6, 6.07) is 24.5. The van der Waals surface area contributed by atoms with Gasteiger partial charge in [-0.2, -0.15) is 0 Å². The lowest BCUT2D eigenvalue weighted by Crippen LogP contribution is -2.31. The van der Waals surface area contributed by atoms with Gasteiger partial charge in [-0.1, -0.05) is 81.4 Å². The van der Waals surface area contributed by atoms with E-state index < -0.39 is 23.3 Å². The summed E-state index contributed by atoms with van der Waals surface area (Å²) in [6.07, 6.45) is 0. The van der Waals surface area contributed by atoms with Gasteiger partial charge in [0.25, 0.3) is 17.4 Å². The van der Waals surface area contributed by atoms with Crippen molar-refractivity contribution in [2.24, 2.45) is 0 Å². The Balaban J connectivity index is 1.76. The molecule has 0 N–H and O–H groups in total. The molecule has 0 unspecified atom stereocenters. The molecule has 5 rings (SSSR count). The molecule has 1 aliphatic rings. The lowest BCUT2D eigenvalue weighted by molar-refractivity contribution is 0.0597. The van der Waals surface area contributed by atoms with E-state index in [1.165, 1.54) is 22.6 Å². The number of carbonyl (C=O) groups excluding carboxylic acids is 3. The average Bonchev–Trinajstić information content (AvgIpc) is 3.17. The summed E-state index contributed by atoms with van der Waals surface area (Å²) in [4.78, 5) is 54.8. The van der Waals surface area contributed by atoms with Gasteiger partial charge < -0.3 is 4.74 Å². The predicted molar refractivity (Wildman–Crippen MR) is 148 cm³/mol. The van der Waals surface area contributed by atoms with Gasteiger partial charge in [0.1, 0.15) is 5.69 Å². The minimum absolute atomic E-state index is 0.0344. The number of nitrogens with zero attached hydrogens (tertiary/aromatic N) is 2. The van der Waals surface area contributed by atoms with Gasteiger partial charge in [0, 0.05) is 11.6 Å². The van der Waals surface area contributed by atoms with Gasteiger partial charge in [-0.05, 0) is 40.3 Å². The molecule has 7 heteroatoms. The maximum Gasteiger partial charge on any atom is 0.337 e. The van der Waals surface area contributed by atoms with Crippen LogP contribution in [0.3, 0.4) is 0 Å². The van der Waals surface area contributed by atoms with Gasteiger partial charge in [-0.15, -0.1) is 0 Å². The Morgan fingerprint density at radius 1 is 0.821 bits per heavy atom. The van der Waals surface area contributed by atoms with Crippen LogP contribution in [0.15, 0.2) is 89.7 Å². The second kappa shape index (κ2) is 9.83. The average molecular weight is 521 g/mol. The second-order valence-electron chi connectivity index (χ2n) is 10.5.